The second kappa shape index (κ2) is 7.45. The zero-order valence-corrected chi connectivity index (χ0v) is 10.3. The number of hydrogen-bond donors (Lipinski definition) is 2. The Kier molecular flexibility index (Phi) is 5.87. The highest BCUT2D eigenvalue weighted by Gasteiger charge is 2.16. The monoisotopic (exact) mass is 251 g/mol. The number of benzene rings is 1. The number of esters is 1. The van der Waals surface area contributed by atoms with Crippen LogP contribution in [0.4, 0.5) is 0 Å². The number of carbonyl (C=O) groups is 2. The molecule has 98 valence electrons. The van der Waals surface area contributed by atoms with Gasteiger partial charge in [0.05, 0.1) is 7.11 Å². The molecule has 0 saturated carbocycles. The molecular weight excluding hydrogens is 234 g/mol. The van der Waals surface area contributed by atoms with Crippen LogP contribution in [0.1, 0.15) is 18.4 Å². The first-order chi connectivity index (χ1) is 8.63. The first-order valence-electron chi connectivity index (χ1n) is 5.70. The Morgan fingerprint density at radius 2 is 2.00 bits per heavy atom. The van der Waals surface area contributed by atoms with Gasteiger partial charge >= 0.3 is 5.97 Å². The van der Waals surface area contributed by atoms with E-state index in [2.05, 4.69) is 10.1 Å². The minimum Gasteiger partial charge on any atom is -0.467 e. The number of ether oxygens (including phenoxy) is 1. The molecule has 1 atom stereocenters. The van der Waals surface area contributed by atoms with Crippen LogP contribution in [-0.4, -0.2) is 30.2 Å². The SMILES string of the molecule is COC(=O)[C@@H](O)CCC(=O)NCc1ccccc1. The number of aliphatic hydroxyl groups excluding tert-OH is 1. The van der Waals surface area contributed by atoms with Crippen molar-refractivity contribution in [1.29, 1.82) is 0 Å². The van der Waals surface area contributed by atoms with Crippen LogP contribution in [0, 0.1) is 0 Å². The molecule has 0 aliphatic heterocycles. The van der Waals surface area contributed by atoms with Crippen molar-refractivity contribution in [3.63, 3.8) is 0 Å². The molecule has 1 aromatic rings. The summed E-state index contributed by atoms with van der Waals surface area (Å²) in [4.78, 5) is 22.4. The van der Waals surface area contributed by atoms with Crippen LogP contribution in [0.3, 0.4) is 0 Å². The van der Waals surface area contributed by atoms with Gasteiger partial charge in [0.15, 0.2) is 6.10 Å². The van der Waals surface area contributed by atoms with Gasteiger partial charge in [-0.2, -0.15) is 0 Å². The lowest BCUT2D eigenvalue weighted by Gasteiger charge is -2.08. The topological polar surface area (TPSA) is 75.6 Å². The summed E-state index contributed by atoms with van der Waals surface area (Å²) in [5.41, 5.74) is 0.999. The van der Waals surface area contributed by atoms with E-state index in [1.807, 2.05) is 30.3 Å². The molecule has 0 fully saturated rings. The largest absolute Gasteiger partial charge is 0.467 e. The first-order valence-corrected chi connectivity index (χ1v) is 5.70. The average molecular weight is 251 g/mol. The number of rotatable bonds is 6. The highest BCUT2D eigenvalue weighted by molar-refractivity contribution is 5.78. The molecule has 1 aromatic carbocycles. The Bertz CT molecular complexity index is 391. The Morgan fingerprint density at radius 3 is 2.61 bits per heavy atom. The summed E-state index contributed by atoms with van der Waals surface area (Å²) in [6.07, 6.45) is -1.09. The fraction of sp³-hybridized carbons (Fsp3) is 0.385. The fourth-order valence-corrected chi connectivity index (χ4v) is 1.41. The molecule has 1 rings (SSSR count). The normalized spacial score (nSPS) is 11.7. The molecule has 0 unspecified atom stereocenters. The van der Waals surface area contributed by atoms with Gasteiger partial charge in [0, 0.05) is 13.0 Å². The fourth-order valence-electron chi connectivity index (χ4n) is 1.41. The number of hydrogen-bond acceptors (Lipinski definition) is 4. The lowest BCUT2D eigenvalue weighted by atomic mass is 10.2. The van der Waals surface area contributed by atoms with Crippen LogP contribution >= 0.6 is 0 Å². The minimum atomic E-state index is -1.24. The van der Waals surface area contributed by atoms with Gasteiger partial charge in [-0.05, 0) is 12.0 Å². The van der Waals surface area contributed by atoms with Crippen molar-refractivity contribution in [2.75, 3.05) is 7.11 Å². The number of aliphatic hydroxyl groups is 1. The molecule has 0 spiro atoms. The number of nitrogens with one attached hydrogen (secondary N) is 1. The average Bonchev–Trinajstić information content (AvgIpc) is 2.42. The molecule has 0 saturated heterocycles. The number of methoxy groups -OCH3 is 1. The van der Waals surface area contributed by atoms with E-state index in [4.69, 9.17) is 0 Å². The van der Waals surface area contributed by atoms with Crippen molar-refractivity contribution in [3.05, 3.63) is 35.9 Å². The summed E-state index contributed by atoms with van der Waals surface area (Å²) in [6, 6.07) is 9.50. The van der Waals surface area contributed by atoms with Crippen LogP contribution in [0.2, 0.25) is 0 Å². The van der Waals surface area contributed by atoms with Gasteiger partial charge in [0.25, 0.3) is 0 Å². The second-order valence-electron chi connectivity index (χ2n) is 3.84. The molecule has 0 aromatic heterocycles. The van der Waals surface area contributed by atoms with E-state index in [1.165, 1.54) is 7.11 Å². The Balaban J connectivity index is 2.24. The van der Waals surface area contributed by atoms with Crippen molar-refractivity contribution in [2.45, 2.75) is 25.5 Å². The van der Waals surface area contributed by atoms with Crippen LogP contribution in [-0.2, 0) is 20.9 Å². The predicted molar refractivity (Wildman–Crippen MR) is 65.5 cm³/mol. The third-order valence-corrected chi connectivity index (χ3v) is 2.45. The standard InChI is InChI=1S/C13H17NO4/c1-18-13(17)11(15)7-8-12(16)14-9-10-5-3-2-4-6-10/h2-6,11,15H,7-9H2,1H3,(H,14,16)/t11-/m0/s1. The maximum absolute atomic E-state index is 11.5. The van der Waals surface area contributed by atoms with E-state index in [0.29, 0.717) is 6.54 Å². The summed E-state index contributed by atoms with van der Waals surface area (Å²) in [5, 5.41) is 12.0. The van der Waals surface area contributed by atoms with E-state index in [-0.39, 0.29) is 18.7 Å². The van der Waals surface area contributed by atoms with Crippen molar-refractivity contribution < 1.29 is 19.4 Å². The van der Waals surface area contributed by atoms with Gasteiger partial charge < -0.3 is 15.2 Å². The summed E-state index contributed by atoms with van der Waals surface area (Å²) >= 11 is 0. The van der Waals surface area contributed by atoms with Crippen molar-refractivity contribution in [1.82, 2.24) is 5.32 Å². The molecule has 5 nitrogen and oxygen atoms in total. The molecule has 0 aliphatic carbocycles. The summed E-state index contributed by atoms with van der Waals surface area (Å²) < 4.78 is 4.35. The highest BCUT2D eigenvalue weighted by atomic mass is 16.5. The summed E-state index contributed by atoms with van der Waals surface area (Å²) in [7, 11) is 1.20. The molecule has 1 amide bonds. The molecule has 5 heteroatoms. The molecule has 18 heavy (non-hydrogen) atoms. The van der Waals surface area contributed by atoms with Crippen LogP contribution < -0.4 is 5.32 Å². The van der Waals surface area contributed by atoms with Gasteiger partial charge in [0.1, 0.15) is 0 Å². The highest BCUT2D eigenvalue weighted by Crippen LogP contribution is 2.01. The van der Waals surface area contributed by atoms with Gasteiger partial charge in [-0.1, -0.05) is 30.3 Å². The molecular formula is C13H17NO4. The third kappa shape index (κ3) is 4.97. The van der Waals surface area contributed by atoms with Gasteiger partial charge in [0.2, 0.25) is 5.91 Å². The first kappa shape index (κ1) is 14.2. The van der Waals surface area contributed by atoms with E-state index < -0.39 is 12.1 Å². The maximum atomic E-state index is 11.5. The van der Waals surface area contributed by atoms with Crippen molar-refractivity contribution in [3.8, 4) is 0 Å². The maximum Gasteiger partial charge on any atom is 0.334 e. The minimum absolute atomic E-state index is 0.0628. The van der Waals surface area contributed by atoms with Gasteiger partial charge in [-0.3, -0.25) is 4.79 Å². The van der Waals surface area contributed by atoms with Crippen molar-refractivity contribution >= 4 is 11.9 Å². The lowest BCUT2D eigenvalue weighted by Crippen LogP contribution is -2.27. The van der Waals surface area contributed by atoms with E-state index in [0.717, 1.165) is 5.56 Å². The molecule has 0 heterocycles. The Morgan fingerprint density at radius 1 is 1.33 bits per heavy atom. The van der Waals surface area contributed by atoms with E-state index >= 15 is 0 Å². The Hall–Kier alpha value is -1.88. The van der Waals surface area contributed by atoms with Crippen LogP contribution in [0.15, 0.2) is 30.3 Å². The zero-order chi connectivity index (χ0) is 13.4. The second-order valence-corrected chi connectivity index (χ2v) is 3.84. The number of carbonyl (C=O) groups excluding carboxylic acids is 2. The quantitative estimate of drug-likeness (QED) is 0.727. The molecule has 0 aliphatic rings. The predicted octanol–water partition coefficient (Wildman–Crippen LogP) is 0.617. The molecule has 0 bridgehead atoms. The Labute approximate surface area is 106 Å². The molecule has 0 radical (unpaired) electrons. The smallest absolute Gasteiger partial charge is 0.334 e. The van der Waals surface area contributed by atoms with E-state index in [9.17, 15) is 14.7 Å². The van der Waals surface area contributed by atoms with E-state index in [1.54, 1.807) is 0 Å². The van der Waals surface area contributed by atoms with Crippen LogP contribution in [0.5, 0.6) is 0 Å². The lowest BCUT2D eigenvalue weighted by molar-refractivity contribution is -0.150. The summed E-state index contributed by atoms with van der Waals surface area (Å²) in [6.45, 7) is 0.438. The summed E-state index contributed by atoms with van der Waals surface area (Å²) in [5.74, 6) is -0.923. The van der Waals surface area contributed by atoms with Crippen molar-refractivity contribution in [2.24, 2.45) is 0 Å². The molecule has 2 N–H and O–H groups in total. The van der Waals surface area contributed by atoms with Crippen LogP contribution in [0.25, 0.3) is 0 Å². The zero-order valence-electron chi connectivity index (χ0n) is 10.3. The van der Waals surface area contributed by atoms with Gasteiger partial charge in [-0.25, -0.2) is 4.79 Å². The van der Waals surface area contributed by atoms with Gasteiger partial charge in [-0.15, -0.1) is 0 Å². The number of amides is 1. The third-order valence-electron chi connectivity index (χ3n) is 2.45.